The van der Waals surface area contributed by atoms with Crippen molar-refractivity contribution >= 4 is 34.1 Å². The Kier molecular flexibility index (Phi) is 3.70. The second kappa shape index (κ2) is 5.49. The van der Waals surface area contributed by atoms with Crippen molar-refractivity contribution in [1.82, 2.24) is 4.98 Å². The van der Waals surface area contributed by atoms with E-state index in [0.717, 1.165) is 23.2 Å². The molecule has 0 aliphatic rings. The number of aromatic amines is 1. The van der Waals surface area contributed by atoms with Crippen molar-refractivity contribution in [3.63, 3.8) is 0 Å². The van der Waals surface area contributed by atoms with E-state index in [1.807, 2.05) is 24.3 Å². The highest BCUT2D eigenvalue weighted by atomic mass is 35.5. The molecule has 0 fully saturated rings. The summed E-state index contributed by atoms with van der Waals surface area (Å²) in [6.07, 6.45) is 0.809. The smallest absolute Gasteiger partial charge is 0.0498 e. The van der Waals surface area contributed by atoms with Crippen molar-refractivity contribution < 1.29 is 0 Å². The summed E-state index contributed by atoms with van der Waals surface area (Å²) in [5.41, 5.74) is 10.1. The van der Waals surface area contributed by atoms with Crippen molar-refractivity contribution in [2.24, 2.45) is 5.73 Å². The van der Waals surface area contributed by atoms with Crippen LogP contribution in [-0.2, 0) is 6.42 Å². The number of H-pyrrole nitrogens is 1. The van der Waals surface area contributed by atoms with E-state index < -0.39 is 0 Å². The van der Waals surface area contributed by atoms with Gasteiger partial charge in [0.15, 0.2) is 0 Å². The Morgan fingerprint density at radius 2 is 1.70 bits per heavy atom. The zero-order chi connectivity index (χ0) is 14.1. The third kappa shape index (κ3) is 2.42. The number of benzene rings is 2. The van der Waals surface area contributed by atoms with Crippen LogP contribution in [0.15, 0.2) is 42.5 Å². The zero-order valence-corrected chi connectivity index (χ0v) is 12.3. The fourth-order valence-corrected chi connectivity index (χ4v) is 3.07. The van der Waals surface area contributed by atoms with Crippen LogP contribution in [0.5, 0.6) is 0 Å². The first-order valence-corrected chi connectivity index (χ1v) is 7.21. The fourth-order valence-electron chi connectivity index (χ4n) is 2.55. The molecule has 3 rings (SSSR count). The maximum atomic E-state index is 6.11. The summed E-state index contributed by atoms with van der Waals surface area (Å²) in [6, 6.07) is 13.8. The molecule has 0 saturated heterocycles. The lowest BCUT2D eigenvalue weighted by molar-refractivity contribution is 0.978. The van der Waals surface area contributed by atoms with Crippen molar-refractivity contribution in [2.75, 3.05) is 6.54 Å². The maximum Gasteiger partial charge on any atom is 0.0498 e. The minimum atomic E-state index is 0.600. The molecule has 0 spiro atoms. The molecule has 0 saturated carbocycles. The third-order valence-electron chi connectivity index (χ3n) is 3.36. The summed E-state index contributed by atoms with van der Waals surface area (Å²) in [6.45, 7) is 0.600. The van der Waals surface area contributed by atoms with Crippen LogP contribution in [0.1, 0.15) is 5.56 Å². The van der Waals surface area contributed by atoms with Crippen LogP contribution in [0.4, 0.5) is 0 Å². The van der Waals surface area contributed by atoms with E-state index in [0.29, 0.717) is 16.6 Å². The summed E-state index contributed by atoms with van der Waals surface area (Å²) in [7, 11) is 0. The van der Waals surface area contributed by atoms with Gasteiger partial charge in [0, 0.05) is 32.2 Å². The lowest BCUT2D eigenvalue weighted by atomic mass is 10.0. The summed E-state index contributed by atoms with van der Waals surface area (Å²) in [5.74, 6) is 0. The number of halogens is 2. The number of hydrogen-bond acceptors (Lipinski definition) is 1. The van der Waals surface area contributed by atoms with Crippen LogP contribution in [-0.4, -0.2) is 11.5 Å². The monoisotopic (exact) mass is 304 g/mol. The van der Waals surface area contributed by atoms with Crippen molar-refractivity contribution in [3.05, 3.63) is 58.1 Å². The lowest BCUT2D eigenvalue weighted by Crippen LogP contribution is -2.03. The summed E-state index contributed by atoms with van der Waals surface area (Å²) in [4.78, 5) is 3.45. The van der Waals surface area contributed by atoms with Crippen LogP contribution in [0.25, 0.3) is 22.2 Å². The zero-order valence-electron chi connectivity index (χ0n) is 10.8. The predicted molar refractivity (Wildman–Crippen MR) is 86.5 cm³/mol. The molecule has 102 valence electrons. The van der Waals surface area contributed by atoms with E-state index in [4.69, 9.17) is 28.9 Å². The standard InChI is InChI=1S/C16H14Cl2N2/c17-11-7-10(8-12(18)9-11)16-14(5-6-19)13-3-1-2-4-15(13)20-16/h1-4,7-9,20H,5-6,19H2. The molecule has 0 aliphatic carbocycles. The average Bonchev–Trinajstić information content (AvgIpc) is 2.77. The number of aromatic nitrogens is 1. The molecule has 0 atom stereocenters. The average molecular weight is 305 g/mol. The summed E-state index contributed by atoms with van der Waals surface area (Å²) >= 11 is 12.2. The normalized spacial score (nSPS) is 11.2. The number of fused-ring (bicyclic) bond motifs is 1. The van der Waals surface area contributed by atoms with Gasteiger partial charge in [0.25, 0.3) is 0 Å². The lowest BCUT2D eigenvalue weighted by Gasteiger charge is -2.05. The SMILES string of the molecule is NCCc1c(-c2cc(Cl)cc(Cl)c2)[nH]c2ccccc12. The minimum absolute atomic E-state index is 0.600. The molecule has 0 bridgehead atoms. The number of nitrogens with one attached hydrogen (secondary N) is 1. The summed E-state index contributed by atoms with van der Waals surface area (Å²) in [5, 5.41) is 2.46. The molecule has 3 N–H and O–H groups in total. The van der Waals surface area contributed by atoms with Gasteiger partial charge in [-0.3, -0.25) is 0 Å². The van der Waals surface area contributed by atoms with Crippen LogP contribution in [0.2, 0.25) is 10.0 Å². The first kappa shape index (κ1) is 13.5. The van der Waals surface area contributed by atoms with Gasteiger partial charge in [-0.2, -0.15) is 0 Å². The Morgan fingerprint density at radius 1 is 1.00 bits per heavy atom. The van der Waals surface area contributed by atoms with E-state index in [-0.39, 0.29) is 0 Å². The molecule has 1 heterocycles. The second-order valence-corrected chi connectivity index (χ2v) is 5.59. The molecule has 0 radical (unpaired) electrons. The van der Waals surface area contributed by atoms with Crippen molar-refractivity contribution in [3.8, 4) is 11.3 Å². The Hall–Kier alpha value is -1.48. The molecule has 2 aromatic carbocycles. The molecular formula is C16H14Cl2N2. The highest BCUT2D eigenvalue weighted by Gasteiger charge is 2.13. The molecule has 3 aromatic rings. The Bertz CT molecular complexity index is 742. The Balaban J connectivity index is 2.26. The largest absolute Gasteiger partial charge is 0.354 e. The molecule has 20 heavy (non-hydrogen) atoms. The van der Waals surface area contributed by atoms with E-state index in [9.17, 15) is 0 Å². The van der Waals surface area contributed by atoms with E-state index in [2.05, 4.69) is 17.1 Å². The van der Waals surface area contributed by atoms with Crippen molar-refractivity contribution in [2.45, 2.75) is 6.42 Å². The van der Waals surface area contributed by atoms with Gasteiger partial charge in [-0.15, -0.1) is 0 Å². The van der Waals surface area contributed by atoms with Gasteiger partial charge >= 0.3 is 0 Å². The molecule has 0 unspecified atom stereocenters. The maximum absolute atomic E-state index is 6.11. The van der Waals surface area contributed by atoms with Gasteiger partial charge in [0.05, 0.1) is 0 Å². The number of rotatable bonds is 3. The molecule has 2 nitrogen and oxygen atoms in total. The molecule has 1 aromatic heterocycles. The van der Waals surface area contributed by atoms with Gasteiger partial charge in [-0.1, -0.05) is 41.4 Å². The number of para-hydroxylation sites is 1. The highest BCUT2D eigenvalue weighted by Crippen LogP contribution is 2.33. The first-order valence-electron chi connectivity index (χ1n) is 6.45. The Morgan fingerprint density at radius 3 is 2.40 bits per heavy atom. The van der Waals surface area contributed by atoms with Crippen LogP contribution < -0.4 is 5.73 Å². The van der Waals surface area contributed by atoms with Gasteiger partial charge in [0.2, 0.25) is 0 Å². The third-order valence-corrected chi connectivity index (χ3v) is 3.80. The second-order valence-electron chi connectivity index (χ2n) is 4.72. The minimum Gasteiger partial charge on any atom is -0.354 e. The van der Waals surface area contributed by atoms with Crippen LogP contribution >= 0.6 is 23.2 Å². The summed E-state index contributed by atoms with van der Waals surface area (Å²) < 4.78 is 0. The molecular weight excluding hydrogens is 291 g/mol. The van der Waals surface area contributed by atoms with Crippen LogP contribution in [0, 0.1) is 0 Å². The van der Waals surface area contributed by atoms with E-state index in [1.54, 1.807) is 6.07 Å². The van der Waals surface area contributed by atoms with Gasteiger partial charge in [-0.05, 0) is 42.8 Å². The molecule has 0 aliphatic heterocycles. The topological polar surface area (TPSA) is 41.8 Å². The Labute approximate surface area is 127 Å². The number of nitrogens with two attached hydrogens (primary N) is 1. The van der Waals surface area contributed by atoms with E-state index >= 15 is 0 Å². The molecule has 4 heteroatoms. The van der Waals surface area contributed by atoms with Crippen molar-refractivity contribution in [1.29, 1.82) is 0 Å². The predicted octanol–water partition coefficient (Wildman–Crippen LogP) is 4.64. The number of hydrogen-bond donors (Lipinski definition) is 2. The van der Waals surface area contributed by atoms with Gasteiger partial charge < -0.3 is 10.7 Å². The molecule has 0 amide bonds. The van der Waals surface area contributed by atoms with Gasteiger partial charge in [-0.25, -0.2) is 0 Å². The highest BCUT2D eigenvalue weighted by molar-refractivity contribution is 6.35. The quantitative estimate of drug-likeness (QED) is 0.727. The van der Waals surface area contributed by atoms with E-state index in [1.165, 1.54) is 10.9 Å². The fraction of sp³-hybridized carbons (Fsp3) is 0.125. The van der Waals surface area contributed by atoms with Crippen LogP contribution in [0.3, 0.4) is 0 Å². The van der Waals surface area contributed by atoms with Gasteiger partial charge in [0.1, 0.15) is 0 Å². The first-order chi connectivity index (χ1) is 9.69.